The van der Waals surface area contributed by atoms with Crippen molar-refractivity contribution in [2.75, 3.05) is 20.2 Å². The topological polar surface area (TPSA) is 67.4 Å². The van der Waals surface area contributed by atoms with Crippen molar-refractivity contribution >= 4 is 11.9 Å². The summed E-state index contributed by atoms with van der Waals surface area (Å²) >= 11 is 0. The van der Waals surface area contributed by atoms with E-state index in [2.05, 4.69) is 15.4 Å². The first kappa shape index (κ1) is 14.5. The first-order chi connectivity index (χ1) is 9.70. The van der Waals surface area contributed by atoms with E-state index < -0.39 is 0 Å². The number of nitrogens with one attached hydrogen (secondary N) is 2. The highest BCUT2D eigenvalue weighted by atomic mass is 16.5. The maximum Gasteiger partial charge on any atom is 0.305 e. The van der Waals surface area contributed by atoms with Crippen LogP contribution < -0.4 is 10.6 Å². The zero-order valence-electron chi connectivity index (χ0n) is 11.6. The highest BCUT2D eigenvalue weighted by Crippen LogP contribution is 2.19. The molecule has 0 aromatic heterocycles. The van der Waals surface area contributed by atoms with Crippen LogP contribution >= 0.6 is 0 Å². The van der Waals surface area contributed by atoms with Gasteiger partial charge in [-0.05, 0) is 12.0 Å². The molecule has 20 heavy (non-hydrogen) atoms. The molecule has 0 radical (unpaired) electrons. The van der Waals surface area contributed by atoms with Crippen molar-refractivity contribution in [1.29, 1.82) is 0 Å². The van der Waals surface area contributed by atoms with Gasteiger partial charge in [-0.3, -0.25) is 9.59 Å². The van der Waals surface area contributed by atoms with Crippen LogP contribution in [0.1, 0.15) is 24.4 Å². The minimum Gasteiger partial charge on any atom is -0.469 e. The minimum atomic E-state index is -0.259. The molecular weight excluding hydrogens is 256 g/mol. The quantitative estimate of drug-likeness (QED) is 0.761. The van der Waals surface area contributed by atoms with Gasteiger partial charge in [0.1, 0.15) is 0 Å². The van der Waals surface area contributed by atoms with Crippen LogP contribution in [0, 0.1) is 5.92 Å². The molecule has 0 aliphatic carbocycles. The molecule has 1 aliphatic rings. The summed E-state index contributed by atoms with van der Waals surface area (Å²) in [7, 11) is 1.37. The average molecular weight is 276 g/mol. The van der Waals surface area contributed by atoms with Gasteiger partial charge in [0.05, 0.1) is 19.1 Å². The molecule has 5 heteroatoms. The maximum absolute atomic E-state index is 12.1. The van der Waals surface area contributed by atoms with Crippen LogP contribution in [0.15, 0.2) is 30.3 Å². The van der Waals surface area contributed by atoms with Crippen LogP contribution in [-0.2, 0) is 14.3 Å². The van der Waals surface area contributed by atoms with Crippen LogP contribution in [0.5, 0.6) is 0 Å². The van der Waals surface area contributed by atoms with Crippen molar-refractivity contribution in [2.45, 2.75) is 18.9 Å². The normalized spacial score (nSPS) is 16.1. The van der Waals surface area contributed by atoms with Crippen molar-refractivity contribution in [3.8, 4) is 0 Å². The lowest BCUT2D eigenvalue weighted by Crippen LogP contribution is -2.51. The van der Waals surface area contributed by atoms with Gasteiger partial charge < -0.3 is 15.4 Å². The Bertz CT molecular complexity index is 457. The molecule has 1 saturated heterocycles. The standard InChI is InChI=1S/C15H20N2O3/c1-20-14(18)8-7-13(11-5-3-2-4-6-11)17-15(19)12-9-16-10-12/h2-6,12-13,16H,7-10H2,1H3,(H,17,19). The van der Waals surface area contributed by atoms with Gasteiger partial charge in [0, 0.05) is 19.5 Å². The second-order valence-corrected chi connectivity index (χ2v) is 4.94. The fraction of sp³-hybridized carbons (Fsp3) is 0.467. The van der Waals surface area contributed by atoms with Gasteiger partial charge in [-0.1, -0.05) is 30.3 Å². The highest BCUT2D eigenvalue weighted by Gasteiger charge is 2.27. The lowest BCUT2D eigenvalue weighted by atomic mass is 9.98. The van der Waals surface area contributed by atoms with Gasteiger partial charge in [0.15, 0.2) is 0 Å². The Kier molecular flexibility index (Phi) is 5.12. The second kappa shape index (κ2) is 7.05. The third-order valence-electron chi connectivity index (χ3n) is 3.54. The lowest BCUT2D eigenvalue weighted by Gasteiger charge is -2.28. The van der Waals surface area contributed by atoms with Crippen LogP contribution in [0.4, 0.5) is 0 Å². The largest absolute Gasteiger partial charge is 0.469 e. The number of benzene rings is 1. The Balaban J connectivity index is 1.99. The van der Waals surface area contributed by atoms with E-state index in [1.54, 1.807) is 0 Å². The number of methoxy groups -OCH3 is 1. The average Bonchev–Trinajstić information content (AvgIpc) is 2.42. The summed E-state index contributed by atoms with van der Waals surface area (Å²) in [6, 6.07) is 9.55. The molecule has 0 saturated carbocycles. The molecule has 1 fully saturated rings. The Morgan fingerprint density at radius 2 is 2.05 bits per heavy atom. The summed E-state index contributed by atoms with van der Waals surface area (Å²) in [4.78, 5) is 23.3. The Labute approximate surface area is 118 Å². The van der Waals surface area contributed by atoms with Crippen molar-refractivity contribution in [2.24, 2.45) is 5.92 Å². The molecule has 1 atom stereocenters. The van der Waals surface area contributed by atoms with Gasteiger partial charge in [-0.15, -0.1) is 0 Å². The predicted molar refractivity (Wildman–Crippen MR) is 74.9 cm³/mol. The number of ether oxygens (including phenoxy) is 1. The Hall–Kier alpha value is -1.88. The van der Waals surface area contributed by atoms with Crippen LogP contribution in [0.2, 0.25) is 0 Å². The third-order valence-corrected chi connectivity index (χ3v) is 3.54. The van der Waals surface area contributed by atoms with E-state index in [1.807, 2.05) is 30.3 Å². The zero-order valence-corrected chi connectivity index (χ0v) is 11.6. The van der Waals surface area contributed by atoms with E-state index in [4.69, 9.17) is 0 Å². The summed E-state index contributed by atoms with van der Waals surface area (Å²) in [6.45, 7) is 1.45. The maximum atomic E-state index is 12.1. The molecule has 0 spiro atoms. The van der Waals surface area contributed by atoms with Gasteiger partial charge in [-0.2, -0.15) is 0 Å². The van der Waals surface area contributed by atoms with Crippen molar-refractivity contribution in [3.63, 3.8) is 0 Å². The fourth-order valence-corrected chi connectivity index (χ4v) is 2.14. The predicted octanol–water partition coefficient (Wildman–Crippen LogP) is 1.02. The molecule has 2 rings (SSSR count). The number of hydrogen-bond donors (Lipinski definition) is 2. The minimum absolute atomic E-state index is 0.0411. The summed E-state index contributed by atoms with van der Waals surface area (Å²) in [5.74, 6) is -0.174. The van der Waals surface area contributed by atoms with E-state index in [9.17, 15) is 9.59 Å². The number of hydrogen-bond acceptors (Lipinski definition) is 4. The van der Waals surface area contributed by atoms with E-state index in [1.165, 1.54) is 7.11 Å². The molecular formula is C15H20N2O3. The molecule has 5 nitrogen and oxygen atoms in total. The Morgan fingerprint density at radius 1 is 1.35 bits per heavy atom. The first-order valence-electron chi connectivity index (χ1n) is 6.83. The van der Waals surface area contributed by atoms with Gasteiger partial charge in [-0.25, -0.2) is 0 Å². The summed E-state index contributed by atoms with van der Waals surface area (Å²) in [5.41, 5.74) is 1.01. The van der Waals surface area contributed by atoms with Gasteiger partial charge in [0.2, 0.25) is 5.91 Å². The molecule has 1 aromatic rings. The lowest BCUT2D eigenvalue weighted by molar-refractivity contribution is -0.141. The number of rotatable bonds is 6. The number of amides is 1. The highest BCUT2D eigenvalue weighted by molar-refractivity contribution is 5.80. The Morgan fingerprint density at radius 3 is 2.60 bits per heavy atom. The van der Waals surface area contributed by atoms with Crippen LogP contribution in [-0.4, -0.2) is 32.1 Å². The SMILES string of the molecule is COC(=O)CCC(NC(=O)C1CNC1)c1ccccc1. The first-order valence-corrected chi connectivity index (χ1v) is 6.83. The fourth-order valence-electron chi connectivity index (χ4n) is 2.14. The number of esters is 1. The van der Waals surface area contributed by atoms with Gasteiger partial charge >= 0.3 is 5.97 Å². The smallest absolute Gasteiger partial charge is 0.305 e. The molecule has 2 N–H and O–H groups in total. The summed E-state index contributed by atoms with van der Waals surface area (Å²) in [5, 5.41) is 6.11. The van der Waals surface area contributed by atoms with Crippen molar-refractivity contribution < 1.29 is 14.3 Å². The molecule has 1 heterocycles. The third kappa shape index (κ3) is 3.81. The molecule has 1 aliphatic heterocycles. The van der Waals surface area contributed by atoms with E-state index in [0.29, 0.717) is 12.8 Å². The molecule has 1 unspecified atom stereocenters. The molecule has 1 aromatic carbocycles. The molecule has 108 valence electrons. The monoisotopic (exact) mass is 276 g/mol. The zero-order chi connectivity index (χ0) is 14.4. The van der Waals surface area contributed by atoms with Crippen LogP contribution in [0.3, 0.4) is 0 Å². The second-order valence-electron chi connectivity index (χ2n) is 4.94. The molecule has 0 bridgehead atoms. The van der Waals surface area contributed by atoms with E-state index >= 15 is 0 Å². The molecule has 1 amide bonds. The van der Waals surface area contributed by atoms with E-state index in [-0.39, 0.29) is 23.8 Å². The van der Waals surface area contributed by atoms with Crippen molar-refractivity contribution in [3.05, 3.63) is 35.9 Å². The summed E-state index contributed by atoms with van der Waals surface area (Å²) < 4.78 is 4.66. The van der Waals surface area contributed by atoms with Gasteiger partial charge in [0.25, 0.3) is 0 Å². The van der Waals surface area contributed by atoms with Crippen LogP contribution in [0.25, 0.3) is 0 Å². The summed E-state index contributed by atoms with van der Waals surface area (Å²) in [6.07, 6.45) is 0.835. The number of carbonyl (C=O) groups is 2. The van der Waals surface area contributed by atoms with Crippen molar-refractivity contribution in [1.82, 2.24) is 10.6 Å². The van der Waals surface area contributed by atoms with E-state index in [0.717, 1.165) is 18.7 Å². The number of carbonyl (C=O) groups excluding carboxylic acids is 2.